The van der Waals surface area contributed by atoms with Crippen LogP contribution in [-0.2, 0) is 4.79 Å². The number of ketones is 1. The Balaban J connectivity index is 1.85. The third kappa shape index (κ3) is 4.08. The second-order valence-electron chi connectivity index (χ2n) is 6.57. The van der Waals surface area contributed by atoms with Crippen LogP contribution in [0, 0.1) is 6.92 Å². The fourth-order valence-electron chi connectivity index (χ4n) is 3.43. The molecule has 1 N–H and O–H groups in total. The minimum atomic E-state index is -0.152. The molecule has 0 bridgehead atoms. The summed E-state index contributed by atoms with van der Waals surface area (Å²) >= 11 is 0. The lowest BCUT2D eigenvalue weighted by Gasteiger charge is -2.25. The fraction of sp³-hybridized carbons (Fsp3) is 0.381. The van der Waals surface area contributed by atoms with E-state index in [-0.39, 0.29) is 5.92 Å². The highest BCUT2D eigenvalue weighted by molar-refractivity contribution is 5.89. The molecule has 0 radical (unpaired) electrons. The molecule has 2 heteroatoms. The minimum Gasteiger partial charge on any atom is -0.314 e. The van der Waals surface area contributed by atoms with Crippen molar-refractivity contribution in [1.29, 1.82) is 0 Å². The van der Waals surface area contributed by atoms with Gasteiger partial charge in [-0.15, -0.1) is 0 Å². The quantitative estimate of drug-likeness (QED) is 0.895. The van der Waals surface area contributed by atoms with Gasteiger partial charge in [0.05, 0.1) is 5.92 Å². The third-order valence-corrected chi connectivity index (χ3v) is 4.73. The summed E-state index contributed by atoms with van der Waals surface area (Å²) in [5, 5.41) is 3.50. The zero-order valence-electron chi connectivity index (χ0n) is 13.8. The Hall–Kier alpha value is -1.93. The fourth-order valence-corrected chi connectivity index (χ4v) is 3.43. The van der Waals surface area contributed by atoms with Crippen LogP contribution in [0.1, 0.15) is 48.3 Å². The van der Waals surface area contributed by atoms with Gasteiger partial charge in [0.25, 0.3) is 0 Å². The SMILES string of the molecule is Cc1ccc(C(C(=O)CC2CCCCN2)c2ccccc2)cc1. The maximum Gasteiger partial charge on any atom is 0.146 e. The van der Waals surface area contributed by atoms with E-state index in [4.69, 9.17) is 0 Å². The van der Waals surface area contributed by atoms with E-state index in [1.807, 2.05) is 18.2 Å². The van der Waals surface area contributed by atoms with Crippen LogP contribution in [0.3, 0.4) is 0 Å². The zero-order chi connectivity index (χ0) is 16.1. The van der Waals surface area contributed by atoms with Gasteiger partial charge in [0, 0.05) is 12.5 Å². The van der Waals surface area contributed by atoms with Gasteiger partial charge in [-0.3, -0.25) is 4.79 Å². The molecular formula is C21H25NO. The molecule has 1 aliphatic heterocycles. The molecule has 3 rings (SSSR count). The van der Waals surface area contributed by atoms with Crippen LogP contribution in [0.2, 0.25) is 0 Å². The Morgan fingerprint density at radius 1 is 1.04 bits per heavy atom. The molecule has 23 heavy (non-hydrogen) atoms. The van der Waals surface area contributed by atoms with Crippen LogP contribution in [0.15, 0.2) is 54.6 Å². The van der Waals surface area contributed by atoms with Gasteiger partial charge >= 0.3 is 0 Å². The normalized spacial score (nSPS) is 19.3. The highest BCUT2D eigenvalue weighted by Crippen LogP contribution is 2.28. The molecule has 1 fully saturated rings. The first-order valence-electron chi connectivity index (χ1n) is 8.61. The number of carbonyl (C=O) groups excluding carboxylic acids is 1. The van der Waals surface area contributed by atoms with Gasteiger partial charge < -0.3 is 5.32 Å². The van der Waals surface area contributed by atoms with E-state index in [1.165, 1.54) is 18.4 Å². The van der Waals surface area contributed by atoms with Crippen molar-refractivity contribution in [2.45, 2.75) is 44.6 Å². The Bertz CT molecular complexity index is 627. The van der Waals surface area contributed by atoms with Crippen LogP contribution in [-0.4, -0.2) is 18.4 Å². The van der Waals surface area contributed by atoms with Crippen molar-refractivity contribution in [3.63, 3.8) is 0 Å². The van der Waals surface area contributed by atoms with E-state index in [2.05, 4.69) is 48.6 Å². The Morgan fingerprint density at radius 3 is 2.39 bits per heavy atom. The van der Waals surface area contributed by atoms with Crippen molar-refractivity contribution in [3.05, 3.63) is 71.3 Å². The zero-order valence-corrected chi connectivity index (χ0v) is 13.8. The van der Waals surface area contributed by atoms with Gasteiger partial charge in [0.15, 0.2) is 0 Å². The number of aryl methyl sites for hydroxylation is 1. The van der Waals surface area contributed by atoms with Gasteiger partial charge in [-0.2, -0.15) is 0 Å². The third-order valence-electron chi connectivity index (χ3n) is 4.73. The van der Waals surface area contributed by atoms with Crippen LogP contribution >= 0.6 is 0 Å². The summed E-state index contributed by atoms with van der Waals surface area (Å²) in [4.78, 5) is 13.1. The lowest BCUT2D eigenvalue weighted by atomic mass is 9.84. The van der Waals surface area contributed by atoms with E-state index >= 15 is 0 Å². The van der Waals surface area contributed by atoms with Crippen molar-refractivity contribution >= 4 is 5.78 Å². The summed E-state index contributed by atoms with van der Waals surface area (Å²) in [5.74, 6) is 0.167. The molecule has 2 nitrogen and oxygen atoms in total. The van der Waals surface area contributed by atoms with Crippen molar-refractivity contribution in [2.75, 3.05) is 6.54 Å². The highest BCUT2D eigenvalue weighted by Gasteiger charge is 2.25. The summed E-state index contributed by atoms with van der Waals surface area (Å²) in [6.07, 6.45) is 4.19. The molecule has 0 aliphatic carbocycles. The maximum atomic E-state index is 13.1. The second-order valence-corrected chi connectivity index (χ2v) is 6.57. The summed E-state index contributed by atoms with van der Waals surface area (Å²) in [7, 11) is 0. The molecule has 0 aromatic heterocycles. The van der Waals surface area contributed by atoms with Crippen LogP contribution in [0.5, 0.6) is 0 Å². The standard InChI is InChI=1S/C21H25NO/c1-16-10-12-18(13-11-16)21(17-7-3-2-4-8-17)20(23)15-19-9-5-6-14-22-19/h2-4,7-8,10-13,19,21-22H,5-6,9,14-15H2,1H3. The van der Waals surface area contributed by atoms with E-state index in [9.17, 15) is 4.79 Å². The number of benzene rings is 2. The number of Topliss-reactive ketones (excluding diaryl/α,β-unsaturated/α-hetero) is 1. The molecular weight excluding hydrogens is 282 g/mol. The molecule has 120 valence electrons. The highest BCUT2D eigenvalue weighted by atomic mass is 16.1. The molecule has 1 heterocycles. The van der Waals surface area contributed by atoms with E-state index < -0.39 is 0 Å². The number of hydrogen-bond acceptors (Lipinski definition) is 2. The van der Waals surface area contributed by atoms with Crippen LogP contribution in [0.4, 0.5) is 0 Å². The van der Waals surface area contributed by atoms with E-state index in [0.717, 1.165) is 24.1 Å². The molecule has 2 aromatic carbocycles. The van der Waals surface area contributed by atoms with Crippen LogP contribution in [0.25, 0.3) is 0 Å². The van der Waals surface area contributed by atoms with Crippen molar-refractivity contribution in [2.24, 2.45) is 0 Å². The van der Waals surface area contributed by atoms with Crippen LogP contribution < -0.4 is 5.32 Å². The van der Waals surface area contributed by atoms with Crippen molar-refractivity contribution in [1.82, 2.24) is 5.32 Å². The Kier molecular flexibility index (Phi) is 5.24. The summed E-state index contributed by atoms with van der Waals surface area (Å²) in [6, 6.07) is 18.9. The number of carbonyl (C=O) groups is 1. The summed E-state index contributed by atoms with van der Waals surface area (Å²) < 4.78 is 0. The van der Waals surface area contributed by atoms with Gasteiger partial charge in [0.1, 0.15) is 5.78 Å². The van der Waals surface area contributed by atoms with Gasteiger partial charge in [-0.05, 0) is 37.4 Å². The number of piperidine rings is 1. The lowest BCUT2D eigenvalue weighted by Crippen LogP contribution is -2.36. The predicted molar refractivity (Wildman–Crippen MR) is 94.7 cm³/mol. The molecule has 2 unspecified atom stereocenters. The molecule has 1 saturated heterocycles. The first-order chi connectivity index (χ1) is 11.2. The average Bonchev–Trinajstić information content (AvgIpc) is 2.59. The maximum absolute atomic E-state index is 13.1. The molecule has 0 saturated carbocycles. The monoisotopic (exact) mass is 307 g/mol. The molecule has 0 amide bonds. The molecule has 2 atom stereocenters. The number of hydrogen-bond donors (Lipinski definition) is 1. The van der Waals surface area contributed by atoms with E-state index in [0.29, 0.717) is 18.2 Å². The molecule has 2 aromatic rings. The average molecular weight is 307 g/mol. The summed E-state index contributed by atoms with van der Waals surface area (Å²) in [5.41, 5.74) is 3.42. The first-order valence-corrected chi connectivity index (χ1v) is 8.61. The Labute approximate surface area is 138 Å². The smallest absolute Gasteiger partial charge is 0.146 e. The van der Waals surface area contributed by atoms with Gasteiger partial charge in [-0.1, -0.05) is 66.6 Å². The predicted octanol–water partition coefficient (Wildman–Crippen LogP) is 4.23. The van der Waals surface area contributed by atoms with Crippen molar-refractivity contribution in [3.8, 4) is 0 Å². The largest absolute Gasteiger partial charge is 0.314 e. The molecule has 0 spiro atoms. The topological polar surface area (TPSA) is 29.1 Å². The van der Waals surface area contributed by atoms with Crippen molar-refractivity contribution < 1.29 is 4.79 Å². The first kappa shape index (κ1) is 15.9. The van der Waals surface area contributed by atoms with E-state index in [1.54, 1.807) is 0 Å². The second kappa shape index (κ2) is 7.56. The number of nitrogens with one attached hydrogen (secondary N) is 1. The summed E-state index contributed by atoms with van der Waals surface area (Å²) in [6.45, 7) is 3.12. The Morgan fingerprint density at radius 2 is 1.74 bits per heavy atom. The van der Waals surface area contributed by atoms with Gasteiger partial charge in [0.2, 0.25) is 0 Å². The lowest BCUT2D eigenvalue weighted by molar-refractivity contribution is -0.120. The van der Waals surface area contributed by atoms with Gasteiger partial charge in [-0.25, -0.2) is 0 Å². The minimum absolute atomic E-state index is 0.152. The number of rotatable bonds is 5. The molecule has 1 aliphatic rings.